The van der Waals surface area contributed by atoms with Crippen LogP contribution in [0.15, 0.2) is 18.2 Å². The van der Waals surface area contributed by atoms with Gasteiger partial charge in [0.2, 0.25) is 11.8 Å². The summed E-state index contributed by atoms with van der Waals surface area (Å²) in [5, 5.41) is 3.06. The topological polar surface area (TPSA) is 52.7 Å². The summed E-state index contributed by atoms with van der Waals surface area (Å²) >= 11 is 0. The van der Waals surface area contributed by atoms with Gasteiger partial charge in [0.05, 0.1) is 6.04 Å². The molecule has 0 aromatic heterocycles. The Balaban J connectivity index is 1.54. The lowest BCUT2D eigenvalue weighted by Crippen LogP contribution is -2.54. The first-order valence-corrected chi connectivity index (χ1v) is 9.41. The van der Waals surface area contributed by atoms with Crippen LogP contribution in [0.1, 0.15) is 38.3 Å². The molecule has 1 aromatic carbocycles. The third kappa shape index (κ3) is 4.03. The average molecular weight is 343 g/mol. The molecule has 0 unspecified atom stereocenters. The van der Waals surface area contributed by atoms with Gasteiger partial charge in [-0.3, -0.25) is 14.5 Å². The summed E-state index contributed by atoms with van der Waals surface area (Å²) in [4.78, 5) is 28.7. The SMILES string of the molecule is CC(C)C(=O)N1CCN([C@@H](C)C(=O)Nc2ccc3c(c2)CCC3)CC1. The van der Waals surface area contributed by atoms with E-state index in [1.807, 2.05) is 31.7 Å². The summed E-state index contributed by atoms with van der Waals surface area (Å²) in [7, 11) is 0. The molecule has 1 aliphatic carbocycles. The van der Waals surface area contributed by atoms with Crippen LogP contribution in [0.25, 0.3) is 0 Å². The number of amides is 2. The number of fused-ring (bicyclic) bond motifs is 1. The van der Waals surface area contributed by atoms with Crippen molar-refractivity contribution in [2.45, 2.75) is 46.1 Å². The molecule has 1 heterocycles. The Kier molecular flexibility index (Phi) is 5.42. The number of nitrogens with zero attached hydrogens (tertiary/aromatic N) is 2. The summed E-state index contributed by atoms with van der Waals surface area (Å²) in [5.74, 6) is 0.267. The van der Waals surface area contributed by atoms with Gasteiger partial charge in [0.15, 0.2) is 0 Å². The Morgan fingerprint density at radius 1 is 1.00 bits per heavy atom. The van der Waals surface area contributed by atoms with Gasteiger partial charge in [0, 0.05) is 37.8 Å². The molecule has 1 saturated heterocycles. The van der Waals surface area contributed by atoms with Crippen molar-refractivity contribution in [3.8, 4) is 0 Å². The third-order valence-electron chi connectivity index (χ3n) is 5.41. The second kappa shape index (κ2) is 7.56. The highest BCUT2D eigenvalue weighted by Crippen LogP contribution is 2.25. The highest BCUT2D eigenvalue weighted by atomic mass is 16.2. The van der Waals surface area contributed by atoms with Crippen LogP contribution in [0.4, 0.5) is 5.69 Å². The van der Waals surface area contributed by atoms with E-state index in [0.717, 1.165) is 31.6 Å². The van der Waals surface area contributed by atoms with Crippen molar-refractivity contribution in [2.24, 2.45) is 5.92 Å². The Hall–Kier alpha value is -1.88. The molecule has 2 aliphatic rings. The predicted molar refractivity (Wildman–Crippen MR) is 99.5 cm³/mol. The van der Waals surface area contributed by atoms with E-state index in [9.17, 15) is 9.59 Å². The van der Waals surface area contributed by atoms with Crippen LogP contribution in [-0.4, -0.2) is 53.8 Å². The Bertz CT molecular complexity index is 648. The fraction of sp³-hybridized carbons (Fsp3) is 0.600. The van der Waals surface area contributed by atoms with Gasteiger partial charge in [-0.2, -0.15) is 0 Å². The summed E-state index contributed by atoms with van der Waals surface area (Å²) in [6.45, 7) is 8.71. The van der Waals surface area contributed by atoms with Crippen LogP contribution in [0, 0.1) is 5.92 Å². The maximum absolute atomic E-state index is 12.6. The minimum Gasteiger partial charge on any atom is -0.340 e. The largest absolute Gasteiger partial charge is 0.340 e. The Labute approximate surface area is 150 Å². The molecule has 0 radical (unpaired) electrons. The molecule has 0 spiro atoms. The van der Waals surface area contributed by atoms with Crippen LogP contribution in [-0.2, 0) is 22.4 Å². The fourth-order valence-corrected chi connectivity index (χ4v) is 3.76. The van der Waals surface area contributed by atoms with E-state index >= 15 is 0 Å². The van der Waals surface area contributed by atoms with Gasteiger partial charge in [-0.25, -0.2) is 0 Å². The van der Waals surface area contributed by atoms with Crippen molar-refractivity contribution in [1.82, 2.24) is 9.80 Å². The zero-order valence-electron chi connectivity index (χ0n) is 15.5. The molecule has 3 rings (SSSR count). The van der Waals surface area contributed by atoms with E-state index in [2.05, 4.69) is 22.3 Å². The molecule has 1 N–H and O–H groups in total. The van der Waals surface area contributed by atoms with Crippen LogP contribution < -0.4 is 5.32 Å². The van der Waals surface area contributed by atoms with Crippen molar-refractivity contribution in [3.63, 3.8) is 0 Å². The van der Waals surface area contributed by atoms with Gasteiger partial charge in [-0.1, -0.05) is 19.9 Å². The molecule has 5 nitrogen and oxygen atoms in total. The zero-order chi connectivity index (χ0) is 18.0. The standard InChI is InChI=1S/C20H29N3O2/c1-14(2)20(25)23-11-9-22(10-12-23)15(3)19(24)21-18-8-7-16-5-4-6-17(16)13-18/h7-8,13-15H,4-6,9-12H2,1-3H3,(H,21,24)/t15-/m0/s1. The molecule has 25 heavy (non-hydrogen) atoms. The second-order valence-corrected chi connectivity index (χ2v) is 7.52. The number of carbonyl (C=O) groups excluding carboxylic acids is 2. The quantitative estimate of drug-likeness (QED) is 0.913. The lowest BCUT2D eigenvalue weighted by molar-refractivity contribution is -0.136. The molecule has 1 fully saturated rings. The Morgan fingerprint density at radius 3 is 2.36 bits per heavy atom. The number of hydrogen-bond acceptors (Lipinski definition) is 3. The minimum atomic E-state index is -0.190. The van der Waals surface area contributed by atoms with E-state index in [4.69, 9.17) is 0 Å². The van der Waals surface area contributed by atoms with Crippen molar-refractivity contribution >= 4 is 17.5 Å². The van der Waals surface area contributed by atoms with Crippen molar-refractivity contribution < 1.29 is 9.59 Å². The number of aryl methyl sites for hydroxylation is 2. The molecule has 2 amide bonds. The number of nitrogens with one attached hydrogen (secondary N) is 1. The highest BCUT2D eigenvalue weighted by molar-refractivity contribution is 5.94. The maximum Gasteiger partial charge on any atom is 0.241 e. The molecule has 0 saturated carbocycles. The van der Waals surface area contributed by atoms with Crippen LogP contribution in [0.3, 0.4) is 0 Å². The van der Waals surface area contributed by atoms with Crippen molar-refractivity contribution in [3.05, 3.63) is 29.3 Å². The summed E-state index contributed by atoms with van der Waals surface area (Å²) in [6, 6.07) is 6.07. The normalized spacial score (nSPS) is 19.0. The van der Waals surface area contributed by atoms with Gasteiger partial charge >= 0.3 is 0 Å². The van der Waals surface area contributed by atoms with E-state index in [0.29, 0.717) is 13.1 Å². The first-order chi connectivity index (χ1) is 12.0. The summed E-state index contributed by atoms with van der Waals surface area (Å²) in [6.07, 6.45) is 3.47. The first kappa shape index (κ1) is 17.9. The van der Waals surface area contributed by atoms with Crippen molar-refractivity contribution in [2.75, 3.05) is 31.5 Å². The molecule has 136 valence electrons. The van der Waals surface area contributed by atoms with Crippen LogP contribution in [0.5, 0.6) is 0 Å². The predicted octanol–water partition coefficient (Wildman–Crippen LogP) is 2.30. The van der Waals surface area contributed by atoms with E-state index in [-0.39, 0.29) is 23.8 Å². The zero-order valence-corrected chi connectivity index (χ0v) is 15.5. The van der Waals surface area contributed by atoms with Gasteiger partial charge in [-0.15, -0.1) is 0 Å². The molecule has 5 heteroatoms. The highest BCUT2D eigenvalue weighted by Gasteiger charge is 2.28. The number of rotatable bonds is 4. The van der Waals surface area contributed by atoms with E-state index in [1.54, 1.807) is 0 Å². The lowest BCUT2D eigenvalue weighted by atomic mass is 10.1. The van der Waals surface area contributed by atoms with E-state index in [1.165, 1.54) is 17.5 Å². The lowest BCUT2D eigenvalue weighted by Gasteiger charge is -2.38. The van der Waals surface area contributed by atoms with Gasteiger partial charge in [0.25, 0.3) is 0 Å². The number of piperazine rings is 1. The van der Waals surface area contributed by atoms with Crippen molar-refractivity contribution in [1.29, 1.82) is 0 Å². The van der Waals surface area contributed by atoms with Crippen LogP contribution in [0.2, 0.25) is 0 Å². The molecule has 1 aromatic rings. The van der Waals surface area contributed by atoms with Gasteiger partial charge in [-0.05, 0) is 49.4 Å². The van der Waals surface area contributed by atoms with Gasteiger partial charge < -0.3 is 10.2 Å². The number of hydrogen-bond donors (Lipinski definition) is 1. The van der Waals surface area contributed by atoms with E-state index < -0.39 is 0 Å². The monoisotopic (exact) mass is 343 g/mol. The smallest absolute Gasteiger partial charge is 0.241 e. The number of benzene rings is 1. The average Bonchev–Trinajstić information content (AvgIpc) is 3.08. The fourth-order valence-electron chi connectivity index (χ4n) is 3.76. The number of carbonyl (C=O) groups is 2. The summed E-state index contributed by atoms with van der Waals surface area (Å²) in [5.41, 5.74) is 3.68. The first-order valence-electron chi connectivity index (χ1n) is 9.41. The number of anilines is 1. The molecular weight excluding hydrogens is 314 g/mol. The van der Waals surface area contributed by atoms with Crippen LogP contribution >= 0.6 is 0 Å². The molecule has 1 aliphatic heterocycles. The summed E-state index contributed by atoms with van der Waals surface area (Å²) < 4.78 is 0. The molecule has 0 bridgehead atoms. The Morgan fingerprint density at radius 2 is 1.68 bits per heavy atom. The second-order valence-electron chi connectivity index (χ2n) is 7.52. The molecular formula is C20H29N3O2. The third-order valence-corrected chi connectivity index (χ3v) is 5.41. The van der Waals surface area contributed by atoms with Gasteiger partial charge in [0.1, 0.15) is 0 Å². The maximum atomic E-state index is 12.6. The minimum absolute atomic E-state index is 0.0292. The molecule has 1 atom stereocenters.